The maximum absolute atomic E-state index is 11.6. The SMILES string of the molecule is CCCCCCCC[N+](C)(C)CCOc1ccccc1C(C)=O. The van der Waals surface area contributed by atoms with Crippen molar-refractivity contribution in [2.45, 2.75) is 52.4 Å². The molecule has 3 nitrogen and oxygen atoms in total. The second-order valence-electron chi connectivity index (χ2n) is 7.05. The van der Waals surface area contributed by atoms with Gasteiger partial charge in [0.25, 0.3) is 0 Å². The van der Waals surface area contributed by atoms with Crippen molar-refractivity contribution in [3.05, 3.63) is 29.8 Å². The number of hydrogen-bond donors (Lipinski definition) is 0. The minimum absolute atomic E-state index is 0.0569. The van der Waals surface area contributed by atoms with E-state index in [0.717, 1.165) is 11.0 Å². The van der Waals surface area contributed by atoms with Gasteiger partial charge in [-0.1, -0.05) is 44.7 Å². The Morgan fingerprint density at radius 1 is 1.00 bits per heavy atom. The van der Waals surface area contributed by atoms with E-state index in [-0.39, 0.29) is 5.78 Å². The smallest absolute Gasteiger partial charge is 0.163 e. The number of carbonyl (C=O) groups is 1. The minimum atomic E-state index is 0.0569. The molecule has 0 bridgehead atoms. The lowest BCUT2D eigenvalue weighted by Gasteiger charge is -2.29. The maximum Gasteiger partial charge on any atom is 0.163 e. The van der Waals surface area contributed by atoms with Gasteiger partial charge in [-0.3, -0.25) is 4.79 Å². The summed E-state index contributed by atoms with van der Waals surface area (Å²) < 4.78 is 6.83. The summed E-state index contributed by atoms with van der Waals surface area (Å²) in [6, 6.07) is 7.50. The average molecular weight is 320 g/mol. The van der Waals surface area contributed by atoms with Crippen LogP contribution in [0.5, 0.6) is 5.75 Å². The van der Waals surface area contributed by atoms with Crippen molar-refractivity contribution in [2.75, 3.05) is 33.8 Å². The van der Waals surface area contributed by atoms with Crippen LogP contribution in [-0.2, 0) is 0 Å². The van der Waals surface area contributed by atoms with Crippen molar-refractivity contribution >= 4 is 5.78 Å². The molecule has 130 valence electrons. The van der Waals surface area contributed by atoms with Crippen LogP contribution in [0, 0.1) is 0 Å². The number of hydrogen-bond acceptors (Lipinski definition) is 2. The Balaban J connectivity index is 2.29. The van der Waals surface area contributed by atoms with Gasteiger partial charge in [0.2, 0.25) is 0 Å². The lowest BCUT2D eigenvalue weighted by atomic mass is 10.1. The third-order valence-corrected chi connectivity index (χ3v) is 4.34. The molecule has 0 spiro atoms. The van der Waals surface area contributed by atoms with E-state index in [2.05, 4.69) is 21.0 Å². The molecule has 0 atom stereocenters. The second kappa shape index (κ2) is 10.4. The number of quaternary nitrogens is 1. The van der Waals surface area contributed by atoms with Gasteiger partial charge in [-0.05, 0) is 31.9 Å². The van der Waals surface area contributed by atoms with Gasteiger partial charge in [0.1, 0.15) is 18.9 Å². The first kappa shape index (κ1) is 19.7. The molecule has 0 aliphatic heterocycles. The fourth-order valence-electron chi connectivity index (χ4n) is 2.72. The topological polar surface area (TPSA) is 26.3 Å². The molecule has 1 aromatic carbocycles. The predicted octanol–water partition coefficient (Wildman–Crippen LogP) is 4.70. The van der Waals surface area contributed by atoms with Crippen LogP contribution < -0.4 is 4.74 Å². The third-order valence-electron chi connectivity index (χ3n) is 4.34. The van der Waals surface area contributed by atoms with E-state index in [1.807, 2.05) is 24.3 Å². The fraction of sp³-hybridized carbons (Fsp3) is 0.650. The van der Waals surface area contributed by atoms with E-state index in [1.54, 1.807) is 6.92 Å². The Bertz CT molecular complexity index is 468. The summed E-state index contributed by atoms with van der Waals surface area (Å²) in [5, 5.41) is 0. The number of Topliss-reactive ketones (excluding diaryl/α,β-unsaturated/α-hetero) is 1. The number of ether oxygens (including phenoxy) is 1. The van der Waals surface area contributed by atoms with Crippen LogP contribution in [0.2, 0.25) is 0 Å². The zero-order chi connectivity index (χ0) is 17.1. The molecule has 0 aliphatic rings. The molecule has 0 heterocycles. The molecule has 0 N–H and O–H groups in total. The van der Waals surface area contributed by atoms with Crippen LogP contribution in [0.4, 0.5) is 0 Å². The highest BCUT2D eigenvalue weighted by Crippen LogP contribution is 2.18. The lowest BCUT2D eigenvalue weighted by molar-refractivity contribution is -0.890. The van der Waals surface area contributed by atoms with E-state index in [0.29, 0.717) is 17.9 Å². The summed E-state index contributed by atoms with van der Waals surface area (Å²) in [5.41, 5.74) is 0.675. The summed E-state index contributed by atoms with van der Waals surface area (Å²) in [6.45, 7) is 6.63. The molecule has 3 heteroatoms. The molecule has 23 heavy (non-hydrogen) atoms. The number of unbranched alkanes of at least 4 members (excludes halogenated alkanes) is 5. The zero-order valence-corrected chi connectivity index (χ0v) is 15.4. The average Bonchev–Trinajstić information content (AvgIpc) is 2.51. The predicted molar refractivity (Wildman–Crippen MR) is 97.2 cm³/mol. The van der Waals surface area contributed by atoms with Crippen molar-refractivity contribution in [3.8, 4) is 5.75 Å². The van der Waals surface area contributed by atoms with Crippen molar-refractivity contribution < 1.29 is 14.0 Å². The first-order valence-corrected chi connectivity index (χ1v) is 9.01. The summed E-state index contributed by atoms with van der Waals surface area (Å²) in [5.74, 6) is 0.765. The number of nitrogens with zero attached hydrogens (tertiary/aromatic N) is 1. The highest BCUT2D eigenvalue weighted by Gasteiger charge is 2.15. The standard InChI is InChI=1S/C20H34NO2/c1-5-6-7-8-9-12-15-21(3,4)16-17-23-20-14-11-10-13-19(20)18(2)22/h10-11,13-14H,5-9,12,15-17H2,1-4H3/q+1. The highest BCUT2D eigenvalue weighted by atomic mass is 16.5. The van der Waals surface area contributed by atoms with E-state index in [1.165, 1.54) is 45.1 Å². The number of para-hydroxylation sites is 1. The van der Waals surface area contributed by atoms with Crippen LogP contribution in [-0.4, -0.2) is 44.1 Å². The highest BCUT2D eigenvalue weighted by molar-refractivity contribution is 5.96. The molecule has 1 rings (SSSR count). The molecular weight excluding hydrogens is 286 g/mol. The molecular formula is C20H34NO2+. The molecule has 0 saturated heterocycles. The molecule has 0 unspecified atom stereocenters. The van der Waals surface area contributed by atoms with Crippen molar-refractivity contribution in [1.29, 1.82) is 0 Å². The van der Waals surface area contributed by atoms with Crippen LogP contribution >= 0.6 is 0 Å². The van der Waals surface area contributed by atoms with Gasteiger partial charge in [0.15, 0.2) is 5.78 Å². The summed E-state index contributed by atoms with van der Waals surface area (Å²) >= 11 is 0. The number of carbonyl (C=O) groups excluding carboxylic acids is 1. The Morgan fingerprint density at radius 2 is 1.65 bits per heavy atom. The molecule has 0 aliphatic carbocycles. The van der Waals surface area contributed by atoms with Gasteiger partial charge < -0.3 is 9.22 Å². The van der Waals surface area contributed by atoms with Gasteiger partial charge in [-0.15, -0.1) is 0 Å². The maximum atomic E-state index is 11.6. The van der Waals surface area contributed by atoms with Crippen LogP contribution in [0.25, 0.3) is 0 Å². The zero-order valence-electron chi connectivity index (χ0n) is 15.4. The van der Waals surface area contributed by atoms with Crippen LogP contribution in [0.1, 0.15) is 62.7 Å². The number of benzene rings is 1. The molecule has 0 saturated carbocycles. The minimum Gasteiger partial charge on any atom is -0.487 e. The molecule has 0 aromatic heterocycles. The van der Waals surface area contributed by atoms with Crippen LogP contribution in [0.15, 0.2) is 24.3 Å². The van der Waals surface area contributed by atoms with Crippen LogP contribution in [0.3, 0.4) is 0 Å². The normalized spacial score (nSPS) is 11.5. The summed E-state index contributed by atoms with van der Waals surface area (Å²) in [4.78, 5) is 11.6. The molecule has 1 aromatic rings. The van der Waals surface area contributed by atoms with Crippen molar-refractivity contribution in [1.82, 2.24) is 0 Å². The molecule has 0 amide bonds. The van der Waals surface area contributed by atoms with E-state index >= 15 is 0 Å². The summed E-state index contributed by atoms with van der Waals surface area (Å²) in [6.07, 6.45) is 8.00. The van der Waals surface area contributed by atoms with Gasteiger partial charge in [-0.2, -0.15) is 0 Å². The monoisotopic (exact) mass is 320 g/mol. The Labute approximate surface area is 142 Å². The number of ketones is 1. The van der Waals surface area contributed by atoms with Gasteiger partial charge in [0, 0.05) is 0 Å². The van der Waals surface area contributed by atoms with Gasteiger partial charge in [-0.25, -0.2) is 0 Å². The van der Waals surface area contributed by atoms with E-state index < -0.39 is 0 Å². The van der Waals surface area contributed by atoms with E-state index in [9.17, 15) is 4.79 Å². The molecule has 0 fully saturated rings. The van der Waals surface area contributed by atoms with Gasteiger partial charge >= 0.3 is 0 Å². The van der Waals surface area contributed by atoms with E-state index in [4.69, 9.17) is 4.74 Å². The van der Waals surface area contributed by atoms with Crippen molar-refractivity contribution in [3.63, 3.8) is 0 Å². The Hall–Kier alpha value is -1.35. The second-order valence-corrected chi connectivity index (χ2v) is 7.05. The fourth-order valence-corrected chi connectivity index (χ4v) is 2.72. The molecule has 0 radical (unpaired) electrons. The first-order valence-electron chi connectivity index (χ1n) is 9.01. The third kappa shape index (κ3) is 8.17. The Kier molecular flexibility index (Phi) is 8.93. The first-order chi connectivity index (χ1) is 11.0. The quantitative estimate of drug-likeness (QED) is 0.317. The number of rotatable bonds is 12. The number of likely N-dealkylation sites (N-methyl/N-ethyl adjacent to an activating group) is 1. The lowest BCUT2D eigenvalue weighted by Crippen LogP contribution is -2.43. The van der Waals surface area contributed by atoms with Gasteiger partial charge in [0.05, 0.1) is 26.2 Å². The Morgan fingerprint density at radius 3 is 2.35 bits per heavy atom. The largest absolute Gasteiger partial charge is 0.487 e. The van der Waals surface area contributed by atoms with Crippen molar-refractivity contribution in [2.24, 2.45) is 0 Å². The summed E-state index contributed by atoms with van der Waals surface area (Å²) in [7, 11) is 4.51.